The van der Waals surface area contributed by atoms with Gasteiger partial charge in [-0.25, -0.2) is 9.59 Å². The molecule has 0 unspecified atom stereocenters. The predicted molar refractivity (Wildman–Crippen MR) is 76.6 cm³/mol. The van der Waals surface area contributed by atoms with Gasteiger partial charge in [-0.3, -0.25) is 10.1 Å². The van der Waals surface area contributed by atoms with Gasteiger partial charge in [0.25, 0.3) is 5.91 Å². The first kappa shape index (κ1) is 16.5. The Kier molecular flexibility index (Phi) is 5.97. The summed E-state index contributed by atoms with van der Waals surface area (Å²) in [6.45, 7) is 1.35. The van der Waals surface area contributed by atoms with E-state index in [9.17, 15) is 14.4 Å². The van der Waals surface area contributed by atoms with E-state index < -0.39 is 24.0 Å². The molecule has 0 saturated heterocycles. The van der Waals surface area contributed by atoms with Crippen LogP contribution in [0.3, 0.4) is 0 Å². The predicted octanol–water partition coefficient (Wildman–Crippen LogP) is 2.10. The standard InChI is InChI=1S/C12H12BrClN2O4/c1-6(10(17)16-12(19)15-2)20-11(18)8-5-7(13)3-4-9(8)14/h3-6H,1-2H3,(H2,15,16,17,19)/t6-/m0/s1. The molecule has 0 heterocycles. The lowest BCUT2D eigenvalue weighted by atomic mass is 10.2. The van der Waals surface area contributed by atoms with Crippen LogP contribution in [0.25, 0.3) is 0 Å². The number of imide groups is 1. The van der Waals surface area contributed by atoms with Gasteiger partial charge < -0.3 is 10.1 Å². The number of carbonyl (C=O) groups is 3. The lowest BCUT2D eigenvalue weighted by Gasteiger charge is -2.13. The Morgan fingerprint density at radius 1 is 1.35 bits per heavy atom. The third-order valence-corrected chi connectivity index (χ3v) is 3.09. The molecule has 0 aliphatic carbocycles. The maximum absolute atomic E-state index is 11.9. The Hall–Kier alpha value is -1.60. The number of carbonyl (C=O) groups excluding carboxylic acids is 3. The van der Waals surface area contributed by atoms with Crippen LogP contribution in [0.1, 0.15) is 17.3 Å². The van der Waals surface area contributed by atoms with Crippen molar-refractivity contribution in [2.45, 2.75) is 13.0 Å². The van der Waals surface area contributed by atoms with Crippen molar-refractivity contribution < 1.29 is 19.1 Å². The van der Waals surface area contributed by atoms with Crippen molar-refractivity contribution in [2.24, 2.45) is 0 Å². The summed E-state index contributed by atoms with van der Waals surface area (Å²) in [6.07, 6.45) is -1.13. The Bertz CT molecular complexity index is 550. The highest BCUT2D eigenvalue weighted by Crippen LogP contribution is 2.22. The molecular formula is C12H12BrClN2O4. The van der Waals surface area contributed by atoms with E-state index in [1.165, 1.54) is 26.1 Å². The maximum atomic E-state index is 11.9. The first-order chi connectivity index (χ1) is 9.35. The lowest BCUT2D eigenvalue weighted by molar-refractivity contribution is -0.127. The normalized spacial score (nSPS) is 11.4. The minimum atomic E-state index is -1.13. The highest BCUT2D eigenvalue weighted by molar-refractivity contribution is 9.10. The molecule has 3 amide bonds. The first-order valence-electron chi connectivity index (χ1n) is 5.53. The number of esters is 1. The number of ether oxygens (including phenoxy) is 1. The highest BCUT2D eigenvalue weighted by atomic mass is 79.9. The molecule has 1 atom stereocenters. The summed E-state index contributed by atoms with van der Waals surface area (Å²) < 4.78 is 5.59. The number of benzene rings is 1. The van der Waals surface area contributed by atoms with Crippen LogP contribution in [0, 0.1) is 0 Å². The lowest BCUT2D eigenvalue weighted by Crippen LogP contribution is -2.43. The molecule has 8 heteroatoms. The van der Waals surface area contributed by atoms with Gasteiger partial charge in [-0.2, -0.15) is 0 Å². The summed E-state index contributed by atoms with van der Waals surface area (Å²) >= 11 is 9.08. The van der Waals surface area contributed by atoms with Crippen molar-refractivity contribution in [1.82, 2.24) is 10.6 Å². The molecule has 6 nitrogen and oxygen atoms in total. The fourth-order valence-corrected chi connectivity index (χ4v) is 1.76. The van der Waals surface area contributed by atoms with Crippen molar-refractivity contribution in [3.8, 4) is 0 Å². The van der Waals surface area contributed by atoms with Crippen LogP contribution in [0.2, 0.25) is 5.02 Å². The van der Waals surface area contributed by atoms with Crippen LogP contribution >= 0.6 is 27.5 Å². The monoisotopic (exact) mass is 362 g/mol. The van der Waals surface area contributed by atoms with Gasteiger partial charge in [0.2, 0.25) is 0 Å². The van der Waals surface area contributed by atoms with Gasteiger partial charge in [0.15, 0.2) is 6.10 Å². The second-order valence-corrected chi connectivity index (χ2v) is 5.06. The Morgan fingerprint density at radius 3 is 2.60 bits per heavy atom. The van der Waals surface area contributed by atoms with E-state index in [1.807, 2.05) is 5.32 Å². The zero-order valence-corrected chi connectivity index (χ0v) is 13.0. The molecule has 0 bridgehead atoms. The molecule has 0 radical (unpaired) electrons. The van der Waals surface area contributed by atoms with Gasteiger partial charge in [0, 0.05) is 11.5 Å². The summed E-state index contributed by atoms with van der Waals surface area (Å²) in [6, 6.07) is 3.99. The van der Waals surface area contributed by atoms with Crippen LogP contribution in [0.15, 0.2) is 22.7 Å². The molecule has 0 saturated carbocycles. The average molecular weight is 364 g/mol. The van der Waals surface area contributed by atoms with E-state index in [1.54, 1.807) is 6.07 Å². The van der Waals surface area contributed by atoms with Crippen LogP contribution in [0.4, 0.5) is 4.79 Å². The van der Waals surface area contributed by atoms with Gasteiger partial charge >= 0.3 is 12.0 Å². The molecular weight excluding hydrogens is 351 g/mol. The van der Waals surface area contributed by atoms with Crippen molar-refractivity contribution in [3.05, 3.63) is 33.3 Å². The van der Waals surface area contributed by atoms with Crippen molar-refractivity contribution in [3.63, 3.8) is 0 Å². The van der Waals surface area contributed by atoms with E-state index in [0.717, 1.165) is 0 Å². The van der Waals surface area contributed by atoms with Crippen LogP contribution in [-0.4, -0.2) is 31.1 Å². The number of rotatable bonds is 3. The number of urea groups is 1. The van der Waals surface area contributed by atoms with Crippen LogP contribution in [-0.2, 0) is 9.53 Å². The molecule has 0 aromatic heterocycles. The molecule has 0 aliphatic rings. The number of amides is 3. The molecule has 108 valence electrons. The van der Waals surface area contributed by atoms with E-state index in [0.29, 0.717) is 4.47 Å². The van der Waals surface area contributed by atoms with E-state index >= 15 is 0 Å². The average Bonchev–Trinajstić information content (AvgIpc) is 2.40. The van der Waals surface area contributed by atoms with Gasteiger partial charge in [-0.15, -0.1) is 0 Å². The van der Waals surface area contributed by atoms with Gasteiger partial charge in [-0.05, 0) is 25.1 Å². The zero-order valence-electron chi connectivity index (χ0n) is 10.7. The van der Waals surface area contributed by atoms with Crippen LogP contribution in [0.5, 0.6) is 0 Å². The quantitative estimate of drug-likeness (QED) is 0.806. The van der Waals surface area contributed by atoms with E-state index in [2.05, 4.69) is 21.2 Å². The summed E-state index contributed by atoms with van der Waals surface area (Å²) in [5, 5.41) is 4.42. The SMILES string of the molecule is CNC(=O)NC(=O)[C@H](C)OC(=O)c1cc(Br)ccc1Cl. The maximum Gasteiger partial charge on any atom is 0.340 e. The van der Waals surface area contributed by atoms with Crippen molar-refractivity contribution in [2.75, 3.05) is 7.05 Å². The third-order valence-electron chi connectivity index (χ3n) is 2.27. The molecule has 2 N–H and O–H groups in total. The number of halogens is 2. The van der Waals surface area contributed by atoms with Crippen LogP contribution < -0.4 is 10.6 Å². The minimum absolute atomic E-state index is 0.126. The molecule has 20 heavy (non-hydrogen) atoms. The molecule has 0 fully saturated rings. The Morgan fingerprint density at radius 2 is 2.00 bits per heavy atom. The second kappa shape index (κ2) is 7.25. The highest BCUT2D eigenvalue weighted by Gasteiger charge is 2.21. The smallest absolute Gasteiger partial charge is 0.340 e. The van der Waals surface area contributed by atoms with E-state index in [-0.39, 0.29) is 10.6 Å². The number of hydrogen-bond donors (Lipinski definition) is 2. The van der Waals surface area contributed by atoms with Gasteiger partial charge in [-0.1, -0.05) is 27.5 Å². The fourth-order valence-electron chi connectivity index (χ4n) is 1.21. The summed E-state index contributed by atoms with van der Waals surface area (Å²) in [5.41, 5.74) is 0.126. The molecule has 1 aromatic carbocycles. The number of nitrogens with one attached hydrogen (secondary N) is 2. The molecule has 0 spiro atoms. The third kappa shape index (κ3) is 4.50. The minimum Gasteiger partial charge on any atom is -0.449 e. The molecule has 1 aromatic rings. The topological polar surface area (TPSA) is 84.5 Å². The van der Waals surface area contributed by atoms with Gasteiger partial charge in [0.1, 0.15) is 0 Å². The van der Waals surface area contributed by atoms with E-state index in [4.69, 9.17) is 16.3 Å². The van der Waals surface area contributed by atoms with Crippen molar-refractivity contribution >= 4 is 45.4 Å². The summed E-state index contributed by atoms with van der Waals surface area (Å²) in [4.78, 5) is 34.4. The Labute approximate surface area is 128 Å². The second-order valence-electron chi connectivity index (χ2n) is 3.74. The number of hydrogen-bond acceptors (Lipinski definition) is 4. The molecule has 1 rings (SSSR count). The summed E-state index contributed by atoms with van der Waals surface area (Å²) in [7, 11) is 1.36. The largest absolute Gasteiger partial charge is 0.449 e. The zero-order chi connectivity index (χ0) is 15.3. The summed E-state index contributed by atoms with van der Waals surface area (Å²) in [5.74, 6) is -1.49. The fraction of sp³-hybridized carbons (Fsp3) is 0.250. The first-order valence-corrected chi connectivity index (χ1v) is 6.71. The molecule has 0 aliphatic heterocycles. The Balaban J connectivity index is 2.72. The van der Waals surface area contributed by atoms with Gasteiger partial charge in [0.05, 0.1) is 10.6 Å². The van der Waals surface area contributed by atoms with Crippen molar-refractivity contribution in [1.29, 1.82) is 0 Å².